The van der Waals surface area contributed by atoms with Gasteiger partial charge in [-0.25, -0.2) is 0 Å². The summed E-state index contributed by atoms with van der Waals surface area (Å²) in [7, 11) is 6.44. The van der Waals surface area contributed by atoms with E-state index in [9.17, 15) is 0 Å². The summed E-state index contributed by atoms with van der Waals surface area (Å²) in [5.41, 5.74) is 0.763. The number of nitrogens with one attached hydrogen (secondary N) is 2. The molecule has 0 fully saturated rings. The molecule has 0 atom stereocenters. The lowest BCUT2D eigenvalue weighted by atomic mass is 10.2. The zero-order valence-corrected chi connectivity index (χ0v) is 11.1. The summed E-state index contributed by atoms with van der Waals surface area (Å²) in [4.78, 5) is 0. The minimum atomic E-state index is 0.513. The molecule has 0 saturated heterocycles. The molecule has 0 bridgehead atoms. The van der Waals surface area contributed by atoms with Gasteiger partial charge in [0, 0.05) is 24.9 Å². The van der Waals surface area contributed by atoms with Crippen LogP contribution in [0.15, 0.2) is 12.1 Å². The van der Waals surface area contributed by atoms with Crippen molar-refractivity contribution in [2.45, 2.75) is 0 Å². The van der Waals surface area contributed by atoms with Crippen molar-refractivity contribution in [3.8, 4) is 17.2 Å². The fourth-order valence-electron chi connectivity index (χ4n) is 1.35. The molecule has 0 aliphatic carbocycles. The van der Waals surface area contributed by atoms with Crippen LogP contribution in [0, 0.1) is 0 Å². The van der Waals surface area contributed by atoms with Gasteiger partial charge in [-0.2, -0.15) is 0 Å². The van der Waals surface area contributed by atoms with Crippen molar-refractivity contribution in [2.24, 2.45) is 0 Å². The molecule has 2 N–H and O–H groups in total. The number of ether oxygens (including phenoxy) is 3. The third-order valence-electron chi connectivity index (χ3n) is 2.15. The smallest absolute Gasteiger partial charge is 0.203 e. The van der Waals surface area contributed by atoms with Crippen molar-refractivity contribution >= 4 is 23.0 Å². The summed E-state index contributed by atoms with van der Waals surface area (Å²) in [6, 6.07) is 3.57. The molecular formula is C11H16N2O3S. The van der Waals surface area contributed by atoms with Crippen LogP contribution in [0.5, 0.6) is 17.2 Å². The molecule has 5 nitrogen and oxygen atoms in total. The molecule has 0 unspecified atom stereocenters. The van der Waals surface area contributed by atoms with Crippen molar-refractivity contribution in [1.29, 1.82) is 0 Å². The molecule has 0 aromatic heterocycles. The predicted molar refractivity (Wildman–Crippen MR) is 71.4 cm³/mol. The van der Waals surface area contributed by atoms with Crippen LogP contribution in [-0.2, 0) is 0 Å². The zero-order chi connectivity index (χ0) is 12.8. The number of hydrogen-bond acceptors (Lipinski definition) is 4. The van der Waals surface area contributed by atoms with Crippen molar-refractivity contribution in [3.05, 3.63) is 12.1 Å². The van der Waals surface area contributed by atoms with Gasteiger partial charge in [-0.3, -0.25) is 0 Å². The van der Waals surface area contributed by atoms with E-state index in [0.717, 1.165) is 5.69 Å². The standard InChI is InChI=1S/C11H16N2O3S/c1-12-11(17)13-7-5-8(14-2)10(16-4)9(6-7)15-3/h5-6H,1-4H3,(H2,12,13,17). The fourth-order valence-corrected chi connectivity index (χ4v) is 1.46. The number of rotatable bonds is 4. The number of methoxy groups -OCH3 is 3. The van der Waals surface area contributed by atoms with Crippen LogP contribution in [-0.4, -0.2) is 33.5 Å². The SMILES string of the molecule is CNC(=S)Nc1cc(OC)c(OC)c(OC)c1. The Labute approximate surface area is 106 Å². The van der Waals surface area contributed by atoms with Gasteiger partial charge in [0.15, 0.2) is 16.6 Å². The molecule has 0 spiro atoms. The number of anilines is 1. The van der Waals surface area contributed by atoms with Gasteiger partial charge in [0.25, 0.3) is 0 Å². The highest BCUT2D eigenvalue weighted by Gasteiger charge is 2.13. The first kappa shape index (κ1) is 13.4. The van der Waals surface area contributed by atoms with Crippen molar-refractivity contribution in [2.75, 3.05) is 33.7 Å². The van der Waals surface area contributed by atoms with E-state index in [0.29, 0.717) is 22.4 Å². The number of thiocarbonyl (C=S) groups is 1. The van der Waals surface area contributed by atoms with Crippen LogP contribution in [0.3, 0.4) is 0 Å². The maximum atomic E-state index is 5.23. The molecular weight excluding hydrogens is 240 g/mol. The predicted octanol–water partition coefficient (Wildman–Crippen LogP) is 1.63. The van der Waals surface area contributed by atoms with Gasteiger partial charge >= 0.3 is 0 Å². The average Bonchev–Trinajstić information content (AvgIpc) is 2.37. The lowest BCUT2D eigenvalue weighted by Crippen LogP contribution is -2.24. The maximum absolute atomic E-state index is 5.23. The molecule has 0 aliphatic rings. The van der Waals surface area contributed by atoms with Crippen LogP contribution < -0.4 is 24.8 Å². The van der Waals surface area contributed by atoms with Gasteiger partial charge < -0.3 is 24.8 Å². The van der Waals surface area contributed by atoms with E-state index in [1.165, 1.54) is 0 Å². The second kappa shape index (κ2) is 6.15. The molecule has 0 radical (unpaired) electrons. The topological polar surface area (TPSA) is 51.8 Å². The second-order valence-corrected chi connectivity index (χ2v) is 3.53. The van der Waals surface area contributed by atoms with Crippen LogP contribution in [0.2, 0.25) is 0 Å². The molecule has 17 heavy (non-hydrogen) atoms. The largest absolute Gasteiger partial charge is 0.493 e. The monoisotopic (exact) mass is 256 g/mol. The Morgan fingerprint density at radius 1 is 1.06 bits per heavy atom. The average molecular weight is 256 g/mol. The lowest BCUT2D eigenvalue weighted by Gasteiger charge is -2.15. The fraction of sp³-hybridized carbons (Fsp3) is 0.364. The number of benzene rings is 1. The first-order chi connectivity index (χ1) is 8.15. The lowest BCUT2D eigenvalue weighted by molar-refractivity contribution is 0.324. The summed E-state index contributed by atoms with van der Waals surface area (Å²) < 4.78 is 15.7. The maximum Gasteiger partial charge on any atom is 0.203 e. The van der Waals surface area contributed by atoms with Crippen molar-refractivity contribution < 1.29 is 14.2 Å². The van der Waals surface area contributed by atoms with E-state index in [4.69, 9.17) is 26.4 Å². The van der Waals surface area contributed by atoms with Gasteiger partial charge in [0.2, 0.25) is 5.75 Å². The molecule has 1 rings (SSSR count). The molecule has 0 aliphatic heterocycles. The molecule has 1 aromatic carbocycles. The molecule has 0 saturated carbocycles. The summed E-state index contributed by atoms with van der Waals surface area (Å²) in [6.45, 7) is 0. The first-order valence-electron chi connectivity index (χ1n) is 4.95. The van der Waals surface area contributed by atoms with Crippen LogP contribution >= 0.6 is 12.2 Å². The van der Waals surface area contributed by atoms with Crippen molar-refractivity contribution in [3.63, 3.8) is 0 Å². The molecule has 6 heteroatoms. The van der Waals surface area contributed by atoms with Gasteiger partial charge in [-0.15, -0.1) is 0 Å². The third kappa shape index (κ3) is 3.13. The Morgan fingerprint density at radius 3 is 1.94 bits per heavy atom. The quantitative estimate of drug-likeness (QED) is 0.799. The molecule has 0 heterocycles. The van der Waals surface area contributed by atoms with Crippen LogP contribution in [0.4, 0.5) is 5.69 Å². The van der Waals surface area contributed by atoms with E-state index in [-0.39, 0.29) is 0 Å². The molecule has 94 valence electrons. The van der Waals surface area contributed by atoms with Crippen molar-refractivity contribution in [1.82, 2.24) is 5.32 Å². The summed E-state index contributed by atoms with van der Waals surface area (Å²) in [5.74, 6) is 1.71. The highest BCUT2D eigenvalue weighted by Crippen LogP contribution is 2.39. The van der Waals surface area contributed by atoms with Gasteiger partial charge in [-0.1, -0.05) is 0 Å². The van der Waals surface area contributed by atoms with E-state index in [1.54, 1.807) is 40.5 Å². The molecule has 1 aromatic rings. The van der Waals surface area contributed by atoms with Gasteiger partial charge in [0.1, 0.15) is 0 Å². The summed E-state index contributed by atoms with van der Waals surface area (Å²) in [5, 5.41) is 6.33. The Morgan fingerprint density at radius 2 is 1.59 bits per heavy atom. The zero-order valence-electron chi connectivity index (χ0n) is 10.3. The van der Waals surface area contributed by atoms with Gasteiger partial charge in [-0.05, 0) is 12.2 Å². The summed E-state index contributed by atoms with van der Waals surface area (Å²) >= 11 is 5.02. The molecule has 0 amide bonds. The third-order valence-corrected chi connectivity index (χ3v) is 2.46. The minimum Gasteiger partial charge on any atom is -0.493 e. The van der Waals surface area contributed by atoms with Crippen LogP contribution in [0.1, 0.15) is 0 Å². The normalized spacial score (nSPS) is 9.41. The van der Waals surface area contributed by atoms with Crippen LogP contribution in [0.25, 0.3) is 0 Å². The summed E-state index contributed by atoms with van der Waals surface area (Å²) in [6.07, 6.45) is 0. The minimum absolute atomic E-state index is 0.513. The highest BCUT2D eigenvalue weighted by atomic mass is 32.1. The van der Waals surface area contributed by atoms with E-state index < -0.39 is 0 Å². The number of hydrogen-bond donors (Lipinski definition) is 2. The van der Waals surface area contributed by atoms with Gasteiger partial charge in [0.05, 0.1) is 21.3 Å². The van der Waals surface area contributed by atoms with E-state index >= 15 is 0 Å². The van der Waals surface area contributed by atoms with E-state index in [2.05, 4.69) is 10.6 Å². The first-order valence-corrected chi connectivity index (χ1v) is 5.35. The Bertz CT molecular complexity index is 385. The van der Waals surface area contributed by atoms with E-state index in [1.807, 2.05) is 0 Å². The highest BCUT2D eigenvalue weighted by molar-refractivity contribution is 7.80. The Kier molecular flexibility index (Phi) is 4.84. The second-order valence-electron chi connectivity index (χ2n) is 3.12. The Balaban J connectivity index is 3.13. The Hall–Kier alpha value is -1.69.